The maximum atomic E-state index is 6.00. The number of hydrogen-bond acceptors (Lipinski definition) is 4. The molecule has 2 N–H and O–H groups in total. The zero-order valence-corrected chi connectivity index (χ0v) is 10.9. The van der Waals surface area contributed by atoms with Crippen molar-refractivity contribution in [1.82, 2.24) is 20.2 Å². The Bertz CT molecular complexity index is 352. The Morgan fingerprint density at radius 3 is 2.59 bits per heavy atom. The van der Waals surface area contributed by atoms with Crippen molar-refractivity contribution in [2.45, 2.75) is 45.4 Å². The first-order chi connectivity index (χ1) is 8.17. The molecule has 0 bridgehead atoms. The van der Waals surface area contributed by atoms with Crippen LogP contribution in [0.15, 0.2) is 0 Å². The molecule has 0 amide bonds. The van der Waals surface area contributed by atoms with Crippen molar-refractivity contribution in [3.05, 3.63) is 5.82 Å². The van der Waals surface area contributed by atoms with Crippen molar-refractivity contribution in [3.8, 4) is 0 Å². The summed E-state index contributed by atoms with van der Waals surface area (Å²) in [5.74, 6) is 1.73. The summed E-state index contributed by atoms with van der Waals surface area (Å²) in [4.78, 5) is 1.53. The first kappa shape index (κ1) is 12.5. The average molecular weight is 237 g/mol. The third-order valence-corrected chi connectivity index (χ3v) is 4.26. The molecule has 2 rings (SSSR count). The predicted octanol–water partition coefficient (Wildman–Crippen LogP) is 1.30. The molecule has 0 radical (unpaired) electrons. The van der Waals surface area contributed by atoms with Crippen LogP contribution in [0, 0.1) is 11.3 Å². The van der Waals surface area contributed by atoms with Gasteiger partial charge in [-0.3, -0.25) is 0 Å². The van der Waals surface area contributed by atoms with Gasteiger partial charge in [-0.1, -0.05) is 13.3 Å². The maximum Gasteiger partial charge on any atom is 0.175 e. The molecule has 17 heavy (non-hydrogen) atoms. The lowest BCUT2D eigenvalue weighted by molar-refractivity contribution is 0.151. The number of nitrogens with two attached hydrogens (primary N) is 1. The van der Waals surface area contributed by atoms with Crippen LogP contribution in [0.5, 0.6) is 0 Å². The van der Waals surface area contributed by atoms with E-state index in [9.17, 15) is 0 Å². The first-order valence-electron chi connectivity index (χ1n) is 6.60. The van der Waals surface area contributed by atoms with Gasteiger partial charge in [0.1, 0.15) is 0 Å². The molecule has 1 aromatic rings. The summed E-state index contributed by atoms with van der Waals surface area (Å²) in [5.41, 5.74) is 6.21. The quantitative estimate of drug-likeness (QED) is 0.857. The van der Waals surface area contributed by atoms with Crippen molar-refractivity contribution >= 4 is 0 Å². The number of hydrogen-bond donors (Lipinski definition) is 1. The van der Waals surface area contributed by atoms with Gasteiger partial charge in [0, 0.05) is 6.42 Å². The van der Waals surface area contributed by atoms with Gasteiger partial charge in [-0.25, -0.2) is 0 Å². The van der Waals surface area contributed by atoms with Gasteiger partial charge < -0.3 is 5.73 Å². The van der Waals surface area contributed by atoms with Gasteiger partial charge in [-0.05, 0) is 48.8 Å². The van der Waals surface area contributed by atoms with E-state index in [1.165, 1.54) is 36.9 Å². The Labute approximate surface area is 103 Å². The fraction of sp³-hybridized carbons (Fsp3) is 0.917. The summed E-state index contributed by atoms with van der Waals surface area (Å²) in [6.07, 6.45) is 7.19. The third kappa shape index (κ3) is 2.83. The molecular formula is C12H23N5. The highest BCUT2D eigenvalue weighted by Gasteiger charge is 2.35. The van der Waals surface area contributed by atoms with Crippen LogP contribution in [0.4, 0.5) is 0 Å². The lowest BCUT2D eigenvalue weighted by Crippen LogP contribution is -2.37. The lowest BCUT2D eigenvalue weighted by Gasteiger charge is -2.38. The van der Waals surface area contributed by atoms with E-state index in [0.29, 0.717) is 0 Å². The molecule has 1 fully saturated rings. The van der Waals surface area contributed by atoms with E-state index in [-0.39, 0.29) is 5.41 Å². The highest BCUT2D eigenvalue weighted by atomic mass is 15.6. The molecule has 1 aliphatic carbocycles. The molecule has 1 heterocycles. The van der Waals surface area contributed by atoms with Crippen LogP contribution in [-0.2, 0) is 13.5 Å². The van der Waals surface area contributed by atoms with Gasteiger partial charge >= 0.3 is 0 Å². The number of aromatic nitrogens is 4. The molecule has 96 valence electrons. The van der Waals surface area contributed by atoms with Gasteiger partial charge in [-0.2, -0.15) is 4.80 Å². The fourth-order valence-corrected chi connectivity index (χ4v) is 2.88. The second-order valence-electron chi connectivity index (χ2n) is 5.43. The monoisotopic (exact) mass is 237 g/mol. The largest absolute Gasteiger partial charge is 0.330 e. The van der Waals surface area contributed by atoms with Gasteiger partial charge in [0.25, 0.3) is 0 Å². The molecule has 0 aromatic carbocycles. The Kier molecular flexibility index (Phi) is 3.76. The SMILES string of the molecule is CCC1CCC(CN)(Cc2nnn(C)n2)CC1. The predicted molar refractivity (Wildman–Crippen MR) is 66.2 cm³/mol. The van der Waals surface area contributed by atoms with Gasteiger partial charge in [-0.15, -0.1) is 10.2 Å². The lowest BCUT2D eigenvalue weighted by atomic mass is 9.68. The summed E-state index contributed by atoms with van der Waals surface area (Å²) in [5, 5.41) is 12.3. The van der Waals surface area contributed by atoms with Crippen molar-refractivity contribution in [3.63, 3.8) is 0 Å². The van der Waals surface area contributed by atoms with Gasteiger partial charge in [0.2, 0.25) is 0 Å². The van der Waals surface area contributed by atoms with Gasteiger partial charge in [0.05, 0.1) is 7.05 Å². The molecule has 1 aliphatic rings. The topological polar surface area (TPSA) is 69.6 Å². The van der Waals surface area contributed by atoms with Crippen LogP contribution in [0.3, 0.4) is 0 Å². The van der Waals surface area contributed by atoms with Crippen molar-refractivity contribution in [2.24, 2.45) is 24.1 Å². The molecule has 0 unspecified atom stereocenters. The van der Waals surface area contributed by atoms with E-state index in [4.69, 9.17) is 5.73 Å². The van der Waals surface area contributed by atoms with Gasteiger partial charge in [0.15, 0.2) is 5.82 Å². The average Bonchev–Trinajstić information content (AvgIpc) is 2.75. The minimum absolute atomic E-state index is 0.217. The summed E-state index contributed by atoms with van der Waals surface area (Å²) in [7, 11) is 1.81. The molecular weight excluding hydrogens is 214 g/mol. The van der Waals surface area contributed by atoms with Crippen LogP contribution >= 0.6 is 0 Å². The smallest absolute Gasteiger partial charge is 0.175 e. The van der Waals surface area contributed by atoms with E-state index in [0.717, 1.165) is 24.7 Å². The second-order valence-corrected chi connectivity index (χ2v) is 5.43. The Hall–Kier alpha value is -0.970. The fourth-order valence-electron chi connectivity index (χ4n) is 2.88. The van der Waals surface area contributed by atoms with E-state index < -0.39 is 0 Å². The number of nitrogens with zero attached hydrogens (tertiary/aromatic N) is 4. The number of aryl methyl sites for hydroxylation is 1. The molecule has 0 spiro atoms. The minimum Gasteiger partial charge on any atom is -0.330 e. The highest BCUT2D eigenvalue weighted by Crippen LogP contribution is 2.41. The van der Waals surface area contributed by atoms with Crippen molar-refractivity contribution in [2.75, 3.05) is 6.54 Å². The molecule has 0 aliphatic heterocycles. The molecule has 1 aromatic heterocycles. The first-order valence-corrected chi connectivity index (χ1v) is 6.60. The van der Waals surface area contributed by atoms with E-state index in [2.05, 4.69) is 22.3 Å². The van der Waals surface area contributed by atoms with Crippen LogP contribution in [0.1, 0.15) is 44.9 Å². The molecule has 5 nitrogen and oxygen atoms in total. The summed E-state index contributed by atoms with van der Waals surface area (Å²) in [6, 6.07) is 0. The molecule has 0 atom stereocenters. The van der Waals surface area contributed by atoms with Crippen LogP contribution < -0.4 is 5.73 Å². The molecule has 5 heteroatoms. The van der Waals surface area contributed by atoms with Crippen molar-refractivity contribution in [1.29, 1.82) is 0 Å². The second kappa shape index (κ2) is 5.12. The standard InChI is InChI=1S/C12H23N5/c1-3-10-4-6-12(9-13,7-5-10)8-11-14-16-17(2)15-11/h10H,3-9,13H2,1-2H3. The van der Waals surface area contributed by atoms with Crippen LogP contribution in [-0.4, -0.2) is 26.8 Å². The van der Waals surface area contributed by atoms with Crippen molar-refractivity contribution < 1.29 is 0 Å². The third-order valence-electron chi connectivity index (χ3n) is 4.26. The molecule has 0 saturated heterocycles. The highest BCUT2D eigenvalue weighted by molar-refractivity contribution is 4.94. The van der Waals surface area contributed by atoms with Crippen LogP contribution in [0.2, 0.25) is 0 Å². The maximum absolute atomic E-state index is 6.00. The normalized spacial score (nSPS) is 29.5. The summed E-state index contributed by atoms with van der Waals surface area (Å²) < 4.78 is 0. The minimum atomic E-state index is 0.217. The summed E-state index contributed by atoms with van der Waals surface area (Å²) in [6.45, 7) is 3.02. The molecule has 1 saturated carbocycles. The Morgan fingerprint density at radius 1 is 1.41 bits per heavy atom. The zero-order valence-electron chi connectivity index (χ0n) is 10.9. The Morgan fingerprint density at radius 2 is 2.12 bits per heavy atom. The number of tetrazole rings is 1. The Balaban J connectivity index is 2.01. The van der Waals surface area contributed by atoms with Crippen LogP contribution in [0.25, 0.3) is 0 Å². The van der Waals surface area contributed by atoms with E-state index in [1.54, 1.807) is 7.05 Å². The van der Waals surface area contributed by atoms with E-state index >= 15 is 0 Å². The summed E-state index contributed by atoms with van der Waals surface area (Å²) >= 11 is 0. The van der Waals surface area contributed by atoms with E-state index in [1.807, 2.05) is 0 Å². The number of rotatable bonds is 4. The zero-order chi connectivity index (χ0) is 12.3.